The summed E-state index contributed by atoms with van der Waals surface area (Å²) in [6.45, 7) is -0.00145. The number of likely N-dealkylation sites (tertiary alicyclic amines) is 1. The maximum absolute atomic E-state index is 13.1. The largest absolute Gasteiger partial charge is 0.482 e. The second-order valence-corrected chi connectivity index (χ2v) is 8.17. The first-order chi connectivity index (χ1) is 15.8. The quantitative estimate of drug-likeness (QED) is 0.501. The topological polar surface area (TPSA) is 122 Å². The number of nitrogens with one attached hydrogen (secondary N) is 1. The molecule has 1 heterocycles. The number of aliphatic hydroxyl groups is 1. The molecule has 1 fully saturated rings. The number of anilines is 1. The van der Waals surface area contributed by atoms with Gasteiger partial charge in [0.1, 0.15) is 17.6 Å². The molecule has 0 radical (unpaired) electrons. The number of aliphatic hydroxyl groups excluding tert-OH is 1. The molecule has 1 atom stereocenters. The Bertz CT molecular complexity index is 1010. The third kappa shape index (κ3) is 6.50. The summed E-state index contributed by atoms with van der Waals surface area (Å²) in [5, 5.41) is 11.9. The molecule has 8 nitrogen and oxygen atoms in total. The highest BCUT2D eigenvalue weighted by Gasteiger charge is 2.28. The van der Waals surface area contributed by atoms with E-state index in [-0.39, 0.29) is 35.7 Å². The summed E-state index contributed by atoms with van der Waals surface area (Å²) in [5.41, 5.74) is 6.20. The molecule has 0 aromatic heterocycles. The minimum atomic E-state index is -1.11. The molecule has 0 bridgehead atoms. The number of Topliss-reactive ketones (excluding diaryl/α,β-unsaturated/α-hetero) is 1. The Morgan fingerprint density at radius 2 is 1.85 bits per heavy atom. The van der Waals surface area contributed by atoms with Crippen LogP contribution in [0.2, 0.25) is 5.02 Å². The molecule has 1 saturated heterocycles. The van der Waals surface area contributed by atoms with Gasteiger partial charge in [0, 0.05) is 29.6 Å². The summed E-state index contributed by atoms with van der Waals surface area (Å²) in [6, 6.07) is 8.87. The number of hydrogen-bond acceptors (Lipinski definition) is 6. The van der Waals surface area contributed by atoms with Crippen LogP contribution in [0.3, 0.4) is 0 Å². The predicted octanol–water partition coefficient (Wildman–Crippen LogP) is 2.24. The molecule has 2 aromatic carbocycles. The molecule has 1 aliphatic heterocycles. The van der Waals surface area contributed by atoms with Gasteiger partial charge in [-0.3, -0.25) is 14.4 Å². The van der Waals surface area contributed by atoms with E-state index in [1.165, 1.54) is 36.4 Å². The Balaban J connectivity index is 1.54. The fourth-order valence-electron chi connectivity index (χ4n) is 3.51. The van der Waals surface area contributed by atoms with Crippen molar-refractivity contribution in [1.29, 1.82) is 0 Å². The van der Waals surface area contributed by atoms with Crippen molar-refractivity contribution in [3.8, 4) is 5.75 Å². The second kappa shape index (κ2) is 11.2. The molecule has 3 rings (SSSR count). The van der Waals surface area contributed by atoms with E-state index in [2.05, 4.69) is 5.32 Å². The molecule has 0 unspecified atom stereocenters. The van der Waals surface area contributed by atoms with Crippen LogP contribution in [-0.2, 0) is 9.59 Å². The lowest BCUT2D eigenvalue weighted by Crippen LogP contribution is -2.42. The van der Waals surface area contributed by atoms with Crippen LogP contribution in [0.25, 0.3) is 0 Å². The summed E-state index contributed by atoms with van der Waals surface area (Å²) in [5.74, 6) is -1.33. The van der Waals surface area contributed by atoms with Crippen LogP contribution in [0, 0.1) is 11.7 Å². The number of halogens is 2. The fourth-order valence-corrected chi connectivity index (χ4v) is 3.68. The number of ether oxygens (including phenoxy) is 1. The molecule has 2 amide bonds. The standard InChI is InChI=1S/C23H25ClFN3O5/c24-16-3-6-20(19(11-16)27-23(32)18(26)12-29)33-13-21(30)28-9-7-15(8-10-28)22(31)14-1-4-17(25)5-2-14/h1-6,11,15,18,29H,7-10,12-13,26H2,(H,27,32)/t18-/m0/s1. The maximum Gasteiger partial charge on any atom is 0.260 e. The number of nitrogens with two attached hydrogens (primary N) is 1. The first kappa shape index (κ1) is 24.6. The number of rotatable bonds is 8. The van der Waals surface area contributed by atoms with Crippen molar-refractivity contribution in [2.45, 2.75) is 18.9 Å². The molecule has 0 saturated carbocycles. The number of benzene rings is 2. The van der Waals surface area contributed by atoms with Crippen molar-refractivity contribution < 1.29 is 28.6 Å². The third-order valence-electron chi connectivity index (χ3n) is 5.43. The number of carbonyl (C=O) groups excluding carboxylic acids is 3. The Labute approximate surface area is 195 Å². The molecule has 0 aliphatic carbocycles. The highest BCUT2D eigenvalue weighted by molar-refractivity contribution is 6.31. The van der Waals surface area contributed by atoms with Gasteiger partial charge in [0.05, 0.1) is 12.3 Å². The second-order valence-electron chi connectivity index (χ2n) is 7.73. The highest BCUT2D eigenvalue weighted by atomic mass is 35.5. The van der Waals surface area contributed by atoms with Crippen molar-refractivity contribution >= 4 is 34.9 Å². The van der Waals surface area contributed by atoms with Crippen LogP contribution >= 0.6 is 11.6 Å². The van der Waals surface area contributed by atoms with E-state index in [0.29, 0.717) is 36.5 Å². The number of piperidine rings is 1. The van der Waals surface area contributed by atoms with Gasteiger partial charge >= 0.3 is 0 Å². The summed E-state index contributed by atoms with van der Waals surface area (Å²) in [4.78, 5) is 38.8. The lowest BCUT2D eigenvalue weighted by atomic mass is 9.89. The zero-order valence-electron chi connectivity index (χ0n) is 17.8. The van der Waals surface area contributed by atoms with Gasteiger partial charge in [0.2, 0.25) is 5.91 Å². The Hall–Kier alpha value is -3.01. The average molecular weight is 478 g/mol. The van der Waals surface area contributed by atoms with Crippen LogP contribution in [0.4, 0.5) is 10.1 Å². The molecule has 4 N–H and O–H groups in total. The molecular formula is C23H25ClFN3O5. The first-order valence-electron chi connectivity index (χ1n) is 10.5. The van der Waals surface area contributed by atoms with Crippen LogP contribution < -0.4 is 15.8 Å². The lowest BCUT2D eigenvalue weighted by molar-refractivity contribution is -0.134. The van der Waals surface area contributed by atoms with Crippen molar-refractivity contribution in [3.05, 3.63) is 58.9 Å². The zero-order chi connectivity index (χ0) is 24.0. The summed E-state index contributed by atoms with van der Waals surface area (Å²) in [7, 11) is 0. The Kier molecular flexibility index (Phi) is 8.37. The Morgan fingerprint density at radius 3 is 2.48 bits per heavy atom. The normalized spacial score (nSPS) is 15.1. The van der Waals surface area contributed by atoms with E-state index in [1.807, 2.05) is 0 Å². The van der Waals surface area contributed by atoms with Gasteiger partial charge < -0.3 is 25.8 Å². The number of ketones is 1. The summed E-state index contributed by atoms with van der Waals surface area (Å²) < 4.78 is 18.7. The smallest absolute Gasteiger partial charge is 0.260 e. The molecule has 10 heteroatoms. The van der Waals surface area contributed by atoms with E-state index >= 15 is 0 Å². The van der Waals surface area contributed by atoms with Crippen molar-refractivity contribution in [1.82, 2.24) is 4.90 Å². The maximum atomic E-state index is 13.1. The minimum absolute atomic E-state index is 0.0546. The van der Waals surface area contributed by atoms with Gasteiger partial charge in [-0.1, -0.05) is 11.6 Å². The molecule has 176 valence electrons. The lowest BCUT2D eigenvalue weighted by Gasteiger charge is -2.31. The van der Waals surface area contributed by atoms with E-state index in [9.17, 15) is 18.8 Å². The fraction of sp³-hybridized carbons (Fsp3) is 0.348. The van der Waals surface area contributed by atoms with Gasteiger partial charge in [-0.05, 0) is 55.3 Å². The van der Waals surface area contributed by atoms with E-state index < -0.39 is 24.4 Å². The number of nitrogens with zero attached hydrogens (tertiary/aromatic N) is 1. The summed E-state index contributed by atoms with van der Waals surface area (Å²) >= 11 is 5.98. The molecule has 1 aliphatic rings. The van der Waals surface area contributed by atoms with Gasteiger partial charge in [-0.2, -0.15) is 0 Å². The van der Waals surface area contributed by atoms with Crippen LogP contribution in [0.5, 0.6) is 5.75 Å². The molecule has 0 spiro atoms. The molecule has 2 aromatic rings. The SMILES string of the molecule is N[C@@H](CO)C(=O)Nc1cc(Cl)ccc1OCC(=O)N1CCC(C(=O)c2ccc(F)cc2)CC1. The summed E-state index contributed by atoms with van der Waals surface area (Å²) in [6.07, 6.45) is 1.01. The van der Waals surface area contributed by atoms with E-state index in [0.717, 1.165) is 0 Å². The van der Waals surface area contributed by atoms with Gasteiger partial charge in [0.15, 0.2) is 12.4 Å². The van der Waals surface area contributed by atoms with E-state index in [4.69, 9.17) is 27.2 Å². The monoisotopic (exact) mass is 477 g/mol. The van der Waals surface area contributed by atoms with Crippen molar-refractivity contribution in [3.63, 3.8) is 0 Å². The average Bonchev–Trinajstić information content (AvgIpc) is 2.83. The third-order valence-corrected chi connectivity index (χ3v) is 5.67. The van der Waals surface area contributed by atoms with Gasteiger partial charge in [-0.25, -0.2) is 4.39 Å². The number of carbonyl (C=O) groups is 3. The minimum Gasteiger partial charge on any atom is -0.482 e. The van der Waals surface area contributed by atoms with E-state index in [1.54, 1.807) is 11.0 Å². The molecular weight excluding hydrogens is 453 g/mol. The van der Waals surface area contributed by atoms with Gasteiger partial charge in [0.25, 0.3) is 5.91 Å². The Morgan fingerprint density at radius 1 is 1.18 bits per heavy atom. The molecule has 33 heavy (non-hydrogen) atoms. The van der Waals surface area contributed by atoms with Crippen molar-refractivity contribution in [2.24, 2.45) is 11.7 Å². The highest BCUT2D eigenvalue weighted by Crippen LogP contribution is 2.28. The van der Waals surface area contributed by atoms with Gasteiger partial charge in [-0.15, -0.1) is 0 Å². The van der Waals surface area contributed by atoms with Crippen LogP contribution in [-0.4, -0.2) is 59.9 Å². The van der Waals surface area contributed by atoms with Crippen LogP contribution in [0.15, 0.2) is 42.5 Å². The number of hydrogen-bond donors (Lipinski definition) is 3. The van der Waals surface area contributed by atoms with Crippen molar-refractivity contribution in [2.75, 3.05) is 31.6 Å². The number of amides is 2. The predicted molar refractivity (Wildman–Crippen MR) is 121 cm³/mol. The van der Waals surface area contributed by atoms with Crippen LogP contribution in [0.1, 0.15) is 23.2 Å². The first-order valence-corrected chi connectivity index (χ1v) is 10.8. The zero-order valence-corrected chi connectivity index (χ0v) is 18.6.